The van der Waals surface area contributed by atoms with Crippen LogP contribution >= 0.6 is 0 Å². The van der Waals surface area contributed by atoms with Crippen LogP contribution in [0.4, 0.5) is 5.69 Å². The smallest absolute Gasteiger partial charge is 0.302 e. The number of benzene rings is 4. The van der Waals surface area contributed by atoms with Crippen molar-refractivity contribution in [3.05, 3.63) is 184 Å². The minimum absolute atomic E-state index is 0.0199. The molecule has 7 aliphatic carbocycles. The number of Topliss-reactive ketones (excluding diaryl/α,β-unsaturated/α-hetero) is 2. The molecule has 4 heterocycles. The highest BCUT2D eigenvalue weighted by Crippen LogP contribution is 2.67. The summed E-state index contributed by atoms with van der Waals surface area (Å²) in [6.45, 7) is 2.35. The lowest BCUT2D eigenvalue weighted by Gasteiger charge is -2.50. The number of allylic oxidation sites excluding steroid dienone is 8. The number of rotatable bonds is 13. The molecule has 0 unspecified atom stereocenters. The van der Waals surface area contributed by atoms with E-state index < -0.39 is 46.9 Å². The first kappa shape index (κ1) is 65.2. The average molecular weight is 1320 g/mol. The Morgan fingerprint density at radius 3 is 2.52 bits per heavy atom. The molecule has 510 valence electrons. The average Bonchev–Trinajstić information content (AvgIpc) is 1.51. The van der Waals surface area contributed by atoms with Gasteiger partial charge in [-0.15, -0.1) is 0 Å². The number of carbonyl (C=O) groups is 3. The molecule has 15 rings (SSSR count). The van der Waals surface area contributed by atoms with E-state index >= 15 is 4.79 Å². The van der Waals surface area contributed by atoms with Gasteiger partial charge in [0.05, 0.1) is 30.9 Å². The van der Waals surface area contributed by atoms with Crippen molar-refractivity contribution in [2.75, 3.05) is 31.7 Å². The van der Waals surface area contributed by atoms with E-state index in [9.17, 15) is 35.1 Å². The number of hydrogen-bond acceptors (Lipinski definition) is 13. The number of ether oxygens (including phenoxy) is 3. The fraction of sp³-hybridized carbons (Fsp3) is 0.458. The zero-order valence-corrected chi connectivity index (χ0v) is 56.4. The van der Waals surface area contributed by atoms with E-state index in [-0.39, 0.29) is 95.1 Å². The van der Waals surface area contributed by atoms with Crippen LogP contribution in [0.2, 0.25) is 0 Å². The molecular formula is C83H92N4O11. The molecule has 9 aliphatic rings. The van der Waals surface area contributed by atoms with Gasteiger partial charge in [-0.25, -0.2) is 0 Å². The van der Waals surface area contributed by atoms with Crippen LogP contribution in [-0.2, 0) is 25.5 Å². The van der Waals surface area contributed by atoms with E-state index in [0.29, 0.717) is 50.3 Å². The number of H-pyrrole nitrogens is 1. The Morgan fingerprint density at radius 1 is 0.867 bits per heavy atom. The maximum absolute atomic E-state index is 16.0. The molecular weight excluding hydrogens is 1230 g/mol. The van der Waals surface area contributed by atoms with E-state index in [1.807, 2.05) is 18.2 Å². The van der Waals surface area contributed by atoms with Gasteiger partial charge in [-0.3, -0.25) is 14.4 Å². The Balaban J connectivity index is 0.959. The lowest BCUT2D eigenvalue weighted by Crippen LogP contribution is -2.41. The maximum Gasteiger partial charge on any atom is 0.302 e. The second-order valence-electron chi connectivity index (χ2n) is 30.0. The van der Waals surface area contributed by atoms with Crippen LogP contribution in [0.25, 0.3) is 10.8 Å². The Morgan fingerprint density at radius 2 is 1.70 bits per heavy atom. The van der Waals surface area contributed by atoms with Gasteiger partial charge in [-0.2, -0.15) is 0 Å². The highest BCUT2D eigenvalue weighted by atomic mass is 16.5. The van der Waals surface area contributed by atoms with E-state index in [1.54, 1.807) is 24.3 Å². The quantitative estimate of drug-likeness (QED) is 0.0326. The fourth-order valence-corrected chi connectivity index (χ4v) is 20.0. The maximum atomic E-state index is 16.0. The summed E-state index contributed by atoms with van der Waals surface area (Å²) in [7, 11) is 1.50. The van der Waals surface area contributed by atoms with Gasteiger partial charge in [-0.1, -0.05) is 97.4 Å². The molecule has 0 amide bonds. The molecule has 0 saturated heterocycles. The number of nitrogens with zero attached hydrogens (tertiary/aromatic N) is 2. The summed E-state index contributed by atoms with van der Waals surface area (Å²) in [6.07, 6.45) is 35.8. The number of carbonyl (C=O) groups excluding carboxylic acids is 3. The summed E-state index contributed by atoms with van der Waals surface area (Å²) >= 11 is 0. The zero-order valence-electron chi connectivity index (χ0n) is 56.4. The molecule has 7 N–H and O–H groups in total. The van der Waals surface area contributed by atoms with Crippen LogP contribution in [0.3, 0.4) is 0 Å². The van der Waals surface area contributed by atoms with Crippen molar-refractivity contribution in [1.29, 1.82) is 0 Å². The minimum Gasteiger partial charge on any atom is -0.508 e. The van der Waals surface area contributed by atoms with Gasteiger partial charge in [0.15, 0.2) is 11.5 Å². The first-order chi connectivity index (χ1) is 47.6. The molecule has 11 atom stereocenters. The Bertz CT molecular complexity index is 4320. The van der Waals surface area contributed by atoms with E-state index in [1.165, 1.54) is 31.7 Å². The molecule has 98 heavy (non-hydrogen) atoms. The Hall–Kier alpha value is -8.71. The van der Waals surface area contributed by atoms with E-state index in [0.717, 1.165) is 146 Å². The normalized spacial score (nSPS) is 28.9. The first-order valence-electron chi connectivity index (χ1n) is 36.1. The van der Waals surface area contributed by atoms with Gasteiger partial charge < -0.3 is 59.5 Å². The van der Waals surface area contributed by atoms with Gasteiger partial charge in [-0.05, 0) is 189 Å². The third kappa shape index (κ3) is 12.0. The molecule has 2 aromatic heterocycles. The SMILES string of the molecule is COc1cc([C@@H]2CC(=O)C[C@H](OC(C)=O)CC[C@@]34C5=CC=C[C@@H]3CC=C[C@@H]4c3c[nH]cc3[C@@H](C#CC5)[C@@H](c3cccc(O)c3)C3=CCNC(=C3)N(CCC(=O)C3CCCCC3)c3ccc4c5c(n2cc35)C[C@]2(CC[C@@]3(CC[C@H](CCCO)C3)C2)[C@H]4O)cc(O)c1Oc1cccc(O)c1. The topological polar surface area (TPSA) is 216 Å². The number of dihydropyridines is 1. The lowest BCUT2D eigenvalue weighted by atomic mass is 9.53. The molecule has 4 aromatic carbocycles. The van der Waals surface area contributed by atoms with Crippen LogP contribution in [-0.4, -0.2) is 85.5 Å². The standard InChI is InChI=1S/C83H92N4O11/c1-51(89)97-63-28-32-83-57-16-7-17-58(83)19-9-24-69(83)67-48-84-47-66(67)64(23-8-18-57)77(54-15-6-20-59(90)38-54)55-29-35-85-76(41-55)86(36-30-73(93)53-13-4-3-5-14-53)70-26-25-65-78-68(70)49-87(72(78)46-82(80(65)95)34-33-81(50-82)31-27-52(45-81)12-11-37-88)71(44-61(92)43-63)56-39-74(94)79(75(40-56)96-2)98-62-22-10-21-60(91)42-62/h6-7,9-10,15-17,20-22,24-26,29,38-42,47-49,52-53,58,63-64,69,71,77,80,84-85,88,90-91,94-95H,3-5,11-14,18-19,27-28,30-37,43-46,50H2,1-2H3/t52-,58+,63+,64+,69+,71-,77-,80-,81+,82-,83+/m0/s1. The van der Waals surface area contributed by atoms with Crippen LogP contribution < -0.4 is 19.7 Å². The number of aromatic hydroxyl groups is 3. The van der Waals surface area contributed by atoms with Crippen LogP contribution in [0.1, 0.15) is 199 Å². The van der Waals surface area contributed by atoms with Crippen molar-refractivity contribution in [3.8, 4) is 46.3 Å². The number of aliphatic hydroxyl groups is 2. The van der Waals surface area contributed by atoms with Crippen molar-refractivity contribution >= 4 is 34.0 Å². The largest absolute Gasteiger partial charge is 0.508 e. The molecule has 3 spiro atoms. The molecule has 6 bridgehead atoms. The summed E-state index contributed by atoms with van der Waals surface area (Å²) in [6, 6.07) is 20.7. The highest BCUT2D eigenvalue weighted by Gasteiger charge is 2.57. The summed E-state index contributed by atoms with van der Waals surface area (Å²) in [4.78, 5) is 50.2. The molecule has 6 aromatic rings. The summed E-state index contributed by atoms with van der Waals surface area (Å²) in [5, 5.41) is 63.4. The number of esters is 1. The zero-order chi connectivity index (χ0) is 67.5. The first-order valence-corrected chi connectivity index (χ1v) is 36.1. The van der Waals surface area contributed by atoms with Crippen LogP contribution in [0.15, 0.2) is 151 Å². The van der Waals surface area contributed by atoms with Crippen molar-refractivity contribution < 1.29 is 54.1 Å². The fourth-order valence-electron chi connectivity index (χ4n) is 20.0. The number of aliphatic hydroxyl groups excluding tert-OH is 2. The summed E-state index contributed by atoms with van der Waals surface area (Å²) < 4.78 is 21.0. The Kier molecular flexibility index (Phi) is 17.9. The minimum atomic E-state index is -0.835. The molecule has 0 radical (unpaired) electrons. The van der Waals surface area contributed by atoms with E-state index in [4.69, 9.17) is 14.2 Å². The third-order valence-corrected chi connectivity index (χ3v) is 24.4. The third-order valence-electron chi connectivity index (χ3n) is 24.4. The van der Waals surface area contributed by atoms with Crippen molar-refractivity contribution in [2.45, 2.75) is 178 Å². The number of fused-ring (bicyclic) bond motifs is 3. The number of aromatic nitrogens is 2. The van der Waals surface area contributed by atoms with Gasteiger partial charge >= 0.3 is 5.97 Å². The van der Waals surface area contributed by atoms with Crippen molar-refractivity contribution in [2.24, 2.45) is 34.0 Å². The number of anilines is 1. The van der Waals surface area contributed by atoms with Gasteiger partial charge in [0.1, 0.15) is 40.7 Å². The number of phenols is 3. The predicted octanol–water partition coefficient (Wildman–Crippen LogP) is 15.7. The van der Waals surface area contributed by atoms with Gasteiger partial charge in [0.2, 0.25) is 5.75 Å². The molecule has 15 heteroatoms. The summed E-state index contributed by atoms with van der Waals surface area (Å²) in [5.74, 6) is 7.97. The number of methoxy groups -OCH3 is 1. The highest BCUT2D eigenvalue weighted by molar-refractivity contribution is 6.01. The van der Waals surface area contributed by atoms with Gasteiger partial charge in [0, 0.05) is 122 Å². The molecule has 15 nitrogen and oxygen atoms in total. The number of nitrogens with one attached hydrogen (secondary N) is 2. The molecule has 3 fully saturated rings. The van der Waals surface area contributed by atoms with Crippen molar-refractivity contribution in [3.63, 3.8) is 0 Å². The van der Waals surface area contributed by atoms with Crippen LogP contribution in [0.5, 0.6) is 34.5 Å². The predicted molar refractivity (Wildman–Crippen MR) is 377 cm³/mol. The number of ketones is 2. The number of phenolic OH excluding ortho intramolecular Hbond substituents is 3. The second-order valence-corrected chi connectivity index (χ2v) is 30.0. The lowest BCUT2D eigenvalue weighted by molar-refractivity contribution is -0.148. The monoisotopic (exact) mass is 1320 g/mol. The summed E-state index contributed by atoms with van der Waals surface area (Å²) in [5.41, 5.74) is 7.28. The molecule has 2 aliphatic heterocycles. The molecule has 3 saturated carbocycles. The number of hydrogen-bond donors (Lipinski definition) is 7. The van der Waals surface area contributed by atoms with Crippen molar-refractivity contribution in [1.82, 2.24) is 14.9 Å². The van der Waals surface area contributed by atoms with E-state index in [2.05, 4.69) is 111 Å². The second kappa shape index (κ2) is 26.8. The van der Waals surface area contributed by atoms with Gasteiger partial charge in [0.25, 0.3) is 0 Å². The van der Waals surface area contributed by atoms with Crippen LogP contribution in [0, 0.1) is 45.8 Å². The number of aromatic amines is 1. The Labute approximate surface area is 574 Å².